The molecule has 1 amide bonds. The van der Waals surface area contributed by atoms with Crippen molar-refractivity contribution in [3.63, 3.8) is 0 Å². The van der Waals surface area contributed by atoms with E-state index in [0.717, 1.165) is 43.2 Å². The minimum absolute atomic E-state index is 0. The summed E-state index contributed by atoms with van der Waals surface area (Å²) in [5.74, 6) is -0.261. The van der Waals surface area contributed by atoms with Gasteiger partial charge < -0.3 is 15.0 Å². The summed E-state index contributed by atoms with van der Waals surface area (Å²) in [7, 11) is 0. The van der Waals surface area contributed by atoms with Gasteiger partial charge in [-0.2, -0.15) is 0 Å². The molecule has 1 saturated heterocycles. The summed E-state index contributed by atoms with van der Waals surface area (Å²) in [6.07, 6.45) is 1.71. The largest absolute Gasteiger partial charge is 0.378 e. The first-order valence-corrected chi connectivity index (χ1v) is 9.34. The smallest absolute Gasteiger partial charge is 0.276 e. The molecule has 0 saturated carbocycles. The maximum absolute atomic E-state index is 12.6. The van der Waals surface area contributed by atoms with Crippen molar-refractivity contribution in [2.45, 2.75) is 6.92 Å². The van der Waals surface area contributed by atoms with Crippen LogP contribution in [0.1, 0.15) is 19.0 Å². The number of aromatic nitrogens is 2. The zero-order valence-electron chi connectivity index (χ0n) is 15.8. The lowest BCUT2D eigenvalue weighted by Crippen LogP contribution is -2.36. The quantitative estimate of drug-likeness (QED) is 0.742. The summed E-state index contributed by atoms with van der Waals surface area (Å²) >= 11 is 0. The Kier molecular flexibility index (Phi) is 5.30. The lowest BCUT2D eigenvalue weighted by Gasteiger charge is -2.28. The molecule has 1 aromatic heterocycles. The van der Waals surface area contributed by atoms with Crippen molar-refractivity contribution < 1.29 is 12.4 Å². The highest BCUT2D eigenvalue weighted by molar-refractivity contribution is 6.03. The van der Waals surface area contributed by atoms with Gasteiger partial charge in [-0.3, -0.25) is 9.78 Å². The van der Waals surface area contributed by atoms with Crippen LogP contribution in [0.5, 0.6) is 0 Å². The molecule has 4 rings (SSSR count). The van der Waals surface area contributed by atoms with Crippen LogP contribution in [0.3, 0.4) is 0 Å². The van der Waals surface area contributed by atoms with Gasteiger partial charge in [-0.15, -0.1) is 0 Å². The van der Waals surface area contributed by atoms with Gasteiger partial charge in [0.05, 0.1) is 30.8 Å². The Morgan fingerprint density at radius 3 is 2.50 bits per heavy atom. The van der Waals surface area contributed by atoms with Gasteiger partial charge in [0, 0.05) is 32.9 Å². The molecule has 6 heteroatoms. The predicted octanol–water partition coefficient (Wildman–Crippen LogP) is 4.03. The number of para-hydroxylation sites is 1. The molecule has 0 unspecified atom stereocenters. The van der Waals surface area contributed by atoms with Crippen LogP contribution in [0.15, 0.2) is 60.8 Å². The van der Waals surface area contributed by atoms with E-state index in [9.17, 15) is 4.79 Å². The number of hydrogen-bond acceptors (Lipinski definition) is 5. The van der Waals surface area contributed by atoms with Crippen LogP contribution in [0, 0.1) is 6.92 Å². The van der Waals surface area contributed by atoms with E-state index in [-0.39, 0.29) is 8.76 Å². The molecule has 2 heterocycles. The summed E-state index contributed by atoms with van der Waals surface area (Å²) in [6, 6.07) is 17.5. The van der Waals surface area contributed by atoms with Gasteiger partial charge in [-0.1, -0.05) is 30.3 Å². The molecule has 1 N–H and O–H groups in total. The predicted molar refractivity (Wildman–Crippen MR) is 114 cm³/mol. The van der Waals surface area contributed by atoms with Gasteiger partial charge in [0.1, 0.15) is 5.69 Å². The van der Waals surface area contributed by atoms with E-state index in [1.807, 2.05) is 42.5 Å². The second kappa shape index (κ2) is 8.19. The Balaban J connectivity index is 0.00000160. The number of nitrogens with one attached hydrogen (secondary N) is 1. The Hall–Kier alpha value is -3.25. The fourth-order valence-electron chi connectivity index (χ4n) is 3.18. The van der Waals surface area contributed by atoms with Crippen molar-refractivity contribution in [2.75, 3.05) is 36.5 Å². The van der Waals surface area contributed by atoms with Crippen molar-refractivity contribution in [3.05, 3.63) is 72.2 Å². The summed E-state index contributed by atoms with van der Waals surface area (Å²) < 4.78 is 5.41. The summed E-state index contributed by atoms with van der Waals surface area (Å²) in [6.45, 7) is 5.09. The van der Waals surface area contributed by atoms with Crippen molar-refractivity contribution in [3.8, 4) is 11.3 Å². The summed E-state index contributed by atoms with van der Waals surface area (Å²) in [5, 5.41) is 2.87. The molecule has 28 heavy (non-hydrogen) atoms. The van der Waals surface area contributed by atoms with Gasteiger partial charge in [0.15, 0.2) is 0 Å². The van der Waals surface area contributed by atoms with Crippen molar-refractivity contribution in [1.29, 1.82) is 0 Å². The number of amides is 1. The van der Waals surface area contributed by atoms with Crippen molar-refractivity contribution in [1.82, 2.24) is 9.97 Å². The van der Waals surface area contributed by atoms with Crippen molar-refractivity contribution >= 4 is 17.3 Å². The van der Waals surface area contributed by atoms with Gasteiger partial charge in [-0.05, 0) is 31.2 Å². The topological polar surface area (TPSA) is 67.3 Å². The number of aryl methyl sites for hydroxylation is 1. The first-order valence-electron chi connectivity index (χ1n) is 9.34. The average Bonchev–Trinajstić information content (AvgIpc) is 2.75. The Morgan fingerprint density at radius 2 is 1.79 bits per heavy atom. The van der Waals surface area contributed by atoms with Crippen LogP contribution < -0.4 is 10.2 Å². The molecule has 0 spiro atoms. The molecule has 0 aliphatic carbocycles. The number of ether oxygens (including phenoxy) is 1. The van der Waals surface area contributed by atoms with Gasteiger partial charge >= 0.3 is 0 Å². The Morgan fingerprint density at radius 1 is 1.07 bits per heavy atom. The number of nitrogens with zero attached hydrogens (tertiary/aromatic N) is 3. The van der Waals surface area contributed by atoms with E-state index in [2.05, 4.69) is 32.3 Å². The maximum atomic E-state index is 12.6. The molecule has 1 aliphatic rings. The third-order valence-corrected chi connectivity index (χ3v) is 4.74. The van der Waals surface area contributed by atoms with E-state index in [0.29, 0.717) is 17.1 Å². The number of carbonyl (C=O) groups excluding carboxylic acids is 1. The highest BCUT2D eigenvalue weighted by Crippen LogP contribution is 2.23. The zero-order valence-corrected chi connectivity index (χ0v) is 15.8. The molecule has 1 aliphatic heterocycles. The summed E-state index contributed by atoms with van der Waals surface area (Å²) in [4.78, 5) is 23.9. The van der Waals surface area contributed by atoms with E-state index in [1.165, 1.54) is 0 Å². The second-order valence-corrected chi connectivity index (χ2v) is 6.66. The minimum atomic E-state index is -0.261. The molecule has 146 valence electrons. The van der Waals surface area contributed by atoms with Crippen LogP contribution in [-0.4, -0.2) is 42.2 Å². The second-order valence-electron chi connectivity index (χ2n) is 6.66. The molecule has 1 fully saturated rings. The third-order valence-electron chi connectivity index (χ3n) is 4.74. The van der Waals surface area contributed by atoms with E-state index in [4.69, 9.17) is 4.74 Å². The molecular weight excluding hydrogens is 352 g/mol. The van der Waals surface area contributed by atoms with Gasteiger partial charge in [0.25, 0.3) is 5.91 Å². The van der Waals surface area contributed by atoms with Gasteiger partial charge in [0.2, 0.25) is 0 Å². The number of anilines is 2. The Bertz CT molecular complexity index is 963. The molecule has 0 atom stereocenters. The number of benzene rings is 2. The Labute approximate surface area is 167 Å². The molecule has 0 radical (unpaired) electrons. The van der Waals surface area contributed by atoms with E-state index >= 15 is 0 Å². The van der Waals surface area contributed by atoms with E-state index < -0.39 is 0 Å². The average molecular weight is 378 g/mol. The highest BCUT2D eigenvalue weighted by atomic mass is 16.5. The van der Waals surface area contributed by atoms with Crippen molar-refractivity contribution in [2.24, 2.45) is 0 Å². The summed E-state index contributed by atoms with van der Waals surface area (Å²) in [5.41, 5.74) is 4.43. The van der Waals surface area contributed by atoms with E-state index in [1.54, 1.807) is 13.1 Å². The monoisotopic (exact) mass is 378 g/mol. The first-order chi connectivity index (χ1) is 13.7. The van der Waals surface area contributed by atoms with Crippen LogP contribution in [-0.2, 0) is 4.74 Å². The molecular formula is C22H26N4O2. The first kappa shape index (κ1) is 18.1. The molecule has 3 aromatic rings. The van der Waals surface area contributed by atoms with Gasteiger partial charge in [-0.25, -0.2) is 4.98 Å². The minimum Gasteiger partial charge on any atom is -0.378 e. The van der Waals surface area contributed by atoms with Crippen LogP contribution in [0.25, 0.3) is 11.3 Å². The number of morpholine rings is 1. The third kappa shape index (κ3) is 4.02. The molecule has 6 nitrogen and oxygen atoms in total. The highest BCUT2D eigenvalue weighted by Gasteiger charge is 2.15. The fraction of sp³-hybridized carbons (Fsp3) is 0.227. The lowest BCUT2D eigenvalue weighted by atomic mass is 10.1. The normalized spacial score (nSPS) is 14.0. The van der Waals surface area contributed by atoms with Crippen LogP contribution in [0.4, 0.5) is 11.4 Å². The fourth-order valence-corrected chi connectivity index (χ4v) is 3.18. The van der Waals surface area contributed by atoms with Crippen LogP contribution in [0.2, 0.25) is 0 Å². The number of rotatable bonds is 4. The zero-order chi connectivity index (χ0) is 19.3. The standard InChI is InChI=1S/C22H22N4O2.2H2/c1-16-21(22(27)24-18-5-3-2-4-6-18)25-20(15-23-16)17-7-9-19(10-8-17)26-11-13-28-14-12-26;;/h2-10,15H,11-14H2,1H3,(H,24,27);2*1H. The number of hydrogen-bond donors (Lipinski definition) is 1. The van der Waals surface area contributed by atoms with Crippen LogP contribution >= 0.6 is 0 Å². The lowest BCUT2D eigenvalue weighted by molar-refractivity contribution is 0.102. The maximum Gasteiger partial charge on any atom is 0.276 e. The SMILES string of the molecule is Cc1ncc(-c2ccc(N3CCOCC3)cc2)nc1C(=O)Nc1ccccc1.[HH].[HH]. The molecule has 2 aromatic carbocycles. The number of carbonyl (C=O) groups is 1. The molecule has 0 bridgehead atoms.